The van der Waals surface area contributed by atoms with Gasteiger partial charge >= 0.3 is 5.97 Å². The SMILES string of the molecule is O=C(O)[C@@H]1[C@@H](c2ccc(Cl)cc2)[C@H]1S(=O)(=O)c1ccc(Cl)cc1. The summed E-state index contributed by atoms with van der Waals surface area (Å²) in [6.07, 6.45) is 0. The van der Waals surface area contributed by atoms with Crippen LogP contribution in [0.2, 0.25) is 10.0 Å². The summed E-state index contributed by atoms with van der Waals surface area (Å²) in [4.78, 5) is 11.5. The number of rotatable bonds is 4. The van der Waals surface area contributed by atoms with Gasteiger partial charge in [0.25, 0.3) is 0 Å². The molecule has 0 amide bonds. The van der Waals surface area contributed by atoms with E-state index in [0.29, 0.717) is 15.6 Å². The molecule has 120 valence electrons. The summed E-state index contributed by atoms with van der Waals surface area (Å²) in [5, 5.41) is 9.30. The summed E-state index contributed by atoms with van der Waals surface area (Å²) in [5.41, 5.74) is 0.657. The van der Waals surface area contributed by atoms with Crippen LogP contribution in [-0.2, 0) is 14.6 Å². The molecule has 4 nitrogen and oxygen atoms in total. The zero-order valence-electron chi connectivity index (χ0n) is 11.7. The van der Waals surface area contributed by atoms with Gasteiger partial charge in [0.2, 0.25) is 0 Å². The smallest absolute Gasteiger partial charge is 0.308 e. The monoisotopic (exact) mass is 370 g/mol. The third kappa shape index (κ3) is 2.96. The Kier molecular flexibility index (Phi) is 4.12. The van der Waals surface area contributed by atoms with Crippen LogP contribution >= 0.6 is 23.2 Å². The van der Waals surface area contributed by atoms with E-state index in [9.17, 15) is 18.3 Å². The van der Waals surface area contributed by atoms with Crippen LogP contribution in [0, 0.1) is 5.92 Å². The van der Waals surface area contributed by atoms with Gasteiger partial charge in [-0.15, -0.1) is 0 Å². The van der Waals surface area contributed by atoms with Crippen molar-refractivity contribution in [2.45, 2.75) is 16.1 Å². The summed E-state index contributed by atoms with van der Waals surface area (Å²) in [5.74, 6) is -2.66. The van der Waals surface area contributed by atoms with Gasteiger partial charge in [-0.05, 0) is 42.0 Å². The van der Waals surface area contributed by atoms with E-state index in [1.165, 1.54) is 24.3 Å². The molecular formula is C16H12Cl2O4S. The molecule has 0 bridgehead atoms. The first kappa shape index (κ1) is 16.3. The van der Waals surface area contributed by atoms with Crippen LogP contribution in [0.5, 0.6) is 0 Å². The van der Waals surface area contributed by atoms with E-state index in [0.717, 1.165) is 0 Å². The Morgan fingerprint density at radius 2 is 1.39 bits per heavy atom. The number of carboxylic acids is 1. The minimum atomic E-state index is -3.76. The Hall–Kier alpha value is -1.56. The minimum Gasteiger partial charge on any atom is -0.481 e. The van der Waals surface area contributed by atoms with Gasteiger partial charge in [0.1, 0.15) is 0 Å². The molecular weight excluding hydrogens is 359 g/mol. The molecule has 0 aromatic heterocycles. The van der Waals surface area contributed by atoms with Gasteiger partial charge in [-0.3, -0.25) is 4.79 Å². The Bertz CT molecular complexity index is 845. The van der Waals surface area contributed by atoms with Gasteiger partial charge in [0.15, 0.2) is 9.84 Å². The molecule has 1 N–H and O–H groups in total. The summed E-state index contributed by atoms with van der Waals surface area (Å²) in [6.45, 7) is 0. The molecule has 1 aliphatic carbocycles. The Morgan fingerprint density at radius 3 is 1.87 bits per heavy atom. The van der Waals surface area contributed by atoms with Gasteiger partial charge in [-0.2, -0.15) is 0 Å². The fourth-order valence-corrected chi connectivity index (χ4v) is 5.20. The van der Waals surface area contributed by atoms with E-state index in [4.69, 9.17) is 23.2 Å². The highest BCUT2D eigenvalue weighted by atomic mass is 35.5. The zero-order chi connectivity index (χ0) is 16.8. The topological polar surface area (TPSA) is 71.4 Å². The molecule has 0 heterocycles. The number of carboxylic acid groups (broad SMARTS) is 1. The van der Waals surface area contributed by atoms with Crippen molar-refractivity contribution in [3.8, 4) is 0 Å². The number of hydrogen-bond donors (Lipinski definition) is 1. The normalized spacial score (nSPS) is 23.5. The molecule has 0 spiro atoms. The van der Waals surface area contributed by atoms with Gasteiger partial charge in [-0.1, -0.05) is 35.3 Å². The summed E-state index contributed by atoms with van der Waals surface area (Å²) < 4.78 is 25.5. The van der Waals surface area contributed by atoms with Crippen molar-refractivity contribution in [1.82, 2.24) is 0 Å². The van der Waals surface area contributed by atoms with Crippen LogP contribution in [0.25, 0.3) is 0 Å². The van der Waals surface area contributed by atoms with E-state index in [1.807, 2.05) is 0 Å². The molecule has 0 unspecified atom stereocenters. The molecule has 2 aromatic carbocycles. The van der Waals surface area contributed by atoms with Crippen LogP contribution in [0.1, 0.15) is 11.5 Å². The van der Waals surface area contributed by atoms with Crippen molar-refractivity contribution in [3.05, 3.63) is 64.1 Å². The first-order valence-corrected chi connectivity index (χ1v) is 9.10. The van der Waals surface area contributed by atoms with Gasteiger partial charge in [0, 0.05) is 16.0 Å². The highest BCUT2D eigenvalue weighted by molar-refractivity contribution is 7.92. The predicted molar refractivity (Wildman–Crippen MR) is 87.7 cm³/mol. The second-order valence-corrected chi connectivity index (χ2v) is 8.38. The fraction of sp³-hybridized carbons (Fsp3) is 0.188. The Balaban J connectivity index is 1.98. The first-order chi connectivity index (χ1) is 10.8. The highest BCUT2D eigenvalue weighted by Gasteiger charge is 2.63. The van der Waals surface area contributed by atoms with Crippen LogP contribution in [0.4, 0.5) is 0 Å². The number of aliphatic carboxylic acids is 1. The molecule has 3 atom stereocenters. The second-order valence-electron chi connectivity index (χ2n) is 5.40. The molecule has 3 rings (SSSR count). The zero-order valence-corrected chi connectivity index (χ0v) is 14.0. The maximum absolute atomic E-state index is 12.7. The summed E-state index contributed by atoms with van der Waals surface area (Å²) >= 11 is 11.6. The number of hydrogen-bond acceptors (Lipinski definition) is 3. The largest absolute Gasteiger partial charge is 0.481 e. The number of sulfone groups is 1. The molecule has 0 aliphatic heterocycles. The number of carbonyl (C=O) groups is 1. The van der Waals surface area contributed by atoms with Crippen LogP contribution in [0.3, 0.4) is 0 Å². The molecule has 0 radical (unpaired) electrons. The fourth-order valence-electron chi connectivity index (χ4n) is 2.83. The molecule has 2 aromatic rings. The van der Waals surface area contributed by atoms with Crippen molar-refractivity contribution < 1.29 is 18.3 Å². The third-order valence-electron chi connectivity index (χ3n) is 3.99. The third-order valence-corrected chi connectivity index (χ3v) is 6.73. The van der Waals surface area contributed by atoms with Crippen molar-refractivity contribution in [3.63, 3.8) is 0 Å². The summed E-state index contributed by atoms with van der Waals surface area (Å²) in [7, 11) is -3.76. The lowest BCUT2D eigenvalue weighted by Crippen LogP contribution is -2.13. The van der Waals surface area contributed by atoms with Crippen LogP contribution < -0.4 is 0 Å². The maximum atomic E-state index is 12.7. The Labute approximate surface area is 143 Å². The quantitative estimate of drug-likeness (QED) is 0.891. The lowest BCUT2D eigenvalue weighted by molar-refractivity contribution is -0.138. The van der Waals surface area contributed by atoms with Gasteiger partial charge in [-0.25, -0.2) is 8.42 Å². The molecule has 0 saturated heterocycles. The lowest BCUT2D eigenvalue weighted by Gasteiger charge is -2.04. The molecule has 1 saturated carbocycles. The Morgan fingerprint density at radius 1 is 0.913 bits per heavy atom. The van der Waals surface area contributed by atoms with Crippen molar-refractivity contribution in [1.29, 1.82) is 0 Å². The maximum Gasteiger partial charge on any atom is 0.308 e. The van der Waals surface area contributed by atoms with Crippen LogP contribution in [-0.4, -0.2) is 24.7 Å². The number of halogens is 2. The minimum absolute atomic E-state index is 0.0783. The standard InChI is InChI=1S/C16H12Cl2O4S/c17-10-3-1-9(2-4-10)13-14(16(19)20)15(13)23(21,22)12-7-5-11(18)6-8-12/h1-8,13-15H,(H,19,20)/t13-,14-,15-/m1/s1. The van der Waals surface area contributed by atoms with Crippen molar-refractivity contribution >= 4 is 39.0 Å². The average molecular weight is 371 g/mol. The van der Waals surface area contributed by atoms with E-state index < -0.39 is 32.9 Å². The second kappa shape index (κ2) is 5.82. The van der Waals surface area contributed by atoms with E-state index in [2.05, 4.69) is 0 Å². The summed E-state index contributed by atoms with van der Waals surface area (Å²) in [6, 6.07) is 12.3. The van der Waals surface area contributed by atoms with Gasteiger partial charge < -0.3 is 5.11 Å². The van der Waals surface area contributed by atoms with E-state index >= 15 is 0 Å². The number of benzene rings is 2. The molecule has 1 aliphatic rings. The van der Waals surface area contributed by atoms with E-state index in [1.54, 1.807) is 24.3 Å². The molecule has 23 heavy (non-hydrogen) atoms. The van der Waals surface area contributed by atoms with E-state index in [-0.39, 0.29) is 4.90 Å². The predicted octanol–water partition coefficient (Wildman–Crippen LogP) is 3.63. The van der Waals surface area contributed by atoms with Crippen molar-refractivity contribution in [2.24, 2.45) is 5.92 Å². The molecule has 7 heteroatoms. The average Bonchev–Trinajstić information content (AvgIpc) is 3.25. The van der Waals surface area contributed by atoms with Crippen molar-refractivity contribution in [2.75, 3.05) is 0 Å². The first-order valence-electron chi connectivity index (χ1n) is 6.80. The van der Waals surface area contributed by atoms with Gasteiger partial charge in [0.05, 0.1) is 16.1 Å². The highest BCUT2D eigenvalue weighted by Crippen LogP contribution is 2.54. The lowest BCUT2D eigenvalue weighted by atomic mass is 10.1. The molecule has 1 fully saturated rings. The van der Waals surface area contributed by atoms with Crippen LogP contribution in [0.15, 0.2) is 53.4 Å².